The second kappa shape index (κ2) is 6.38. The van der Waals surface area contributed by atoms with Crippen LogP contribution < -0.4 is 16.8 Å². The first-order chi connectivity index (χ1) is 9.54. The van der Waals surface area contributed by atoms with E-state index < -0.39 is 0 Å². The Kier molecular flexibility index (Phi) is 4.57. The lowest BCUT2D eigenvalue weighted by Gasteiger charge is -2.30. The minimum absolute atomic E-state index is 0.110. The normalized spacial score (nSPS) is 19.5. The van der Waals surface area contributed by atoms with Crippen LogP contribution in [0, 0.1) is 5.92 Å². The molecule has 1 fully saturated rings. The predicted octanol–water partition coefficient (Wildman–Crippen LogP) is 0.405. The highest BCUT2D eigenvalue weighted by atomic mass is 16.2. The number of benzene rings is 1. The highest BCUT2D eigenvalue weighted by molar-refractivity contribution is 5.92. The molecular formula is C14H20N4O2. The van der Waals surface area contributed by atoms with Crippen molar-refractivity contribution in [2.24, 2.45) is 11.7 Å². The number of likely N-dealkylation sites (tertiary alicyclic amines) is 1. The summed E-state index contributed by atoms with van der Waals surface area (Å²) in [7, 11) is 0. The number of carbonyl (C=O) groups is 2. The van der Waals surface area contributed by atoms with Crippen LogP contribution in [0.3, 0.4) is 0 Å². The van der Waals surface area contributed by atoms with Gasteiger partial charge in [-0.2, -0.15) is 0 Å². The van der Waals surface area contributed by atoms with Gasteiger partial charge in [0.2, 0.25) is 11.8 Å². The molecule has 1 atom stereocenters. The van der Waals surface area contributed by atoms with Gasteiger partial charge in [0.1, 0.15) is 0 Å². The molecule has 6 nitrogen and oxygen atoms in total. The fourth-order valence-corrected chi connectivity index (χ4v) is 2.45. The van der Waals surface area contributed by atoms with E-state index >= 15 is 0 Å². The van der Waals surface area contributed by atoms with Gasteiger partial charge >= 0.3 is 0 Å². The number of hydrogen-bond donors (Lipinski definition) is 3. The Hall–Kier alpha value is -2.08. The highest BCUT2D eigenvalue weighted by Gasteiger charge is 2.25. The molecule has 0 spiro atoms. The van der Waals surface area contributed by atoms with Crippen molar-refractivity contribution in [1.82, 2.24) is 4.90 Å². The summed E-state index contributed by atoms with van der Waals surface area (Å²) in [5.41, 5.74) is 12.3. The van der Waals surface area contributed by atoms with Gasteiger partial charge in [0.25, 0.3) is 0 Å². The van der Waals surface area contributed by atoms with Crippen LogP contribution >= 0.6 is 0 Å². The maximum atomic E-state index is 12.0. The summed E-state index contributed by atoms with van der Waals surface area (Å²) < 4.78 is 0. The molecule has 1 aromatic rings. The smallest absolute Gasteiger partial charge is 0.238 e. The number of nitrogens with zero attached hydrogens (tertiary/aromatic N) is 1. The summed E-state index contributed by atoms with van der Waals surface area (Å²) in [5.74, 6) is -0.546. The van der Waals surface area contributed by atoms with E-state index in [1.807, 2.05) is 4.90 Å². The molecule has 6 heteroatoms. The first kappa shape index (κ1) is 14.3. The maximum absolute atomic E-state index is 12.0. The van der Waals surface area contributed by atoms with Crippen molar-refractivity contribution in [3.63, 3.8) is 0 Å². The number of piperidine rings is 1. The number of nitrogen functional groups attached to an aromatic ring is 1. The molecule has 0 bridgehead atoms. The van der Waals surface area contributed by atoms with Crippen LogP contribution in [0.5, 0.6) is 0 Å². The molecule has 0 aromatic heterocycles. The van der Waals surface area contributed by atoms with E-state index in [-0.39, 0.29) is 24.3 Å². The van der Waals surface area contributed by atoms with E-state index in [9.17, 15) is 9.59 Å². The second-order valence-corrected chi connectivity index (χ2v) is 5.15. The Morgan fingerprint density at radius 2 is 2.20 bits per heavy atom. The molecule has 108 valence electrons. The zero-order valence-electron chi connectivity index (χ0n) is 11.3. The minimum Gasteiger partial charge on any atom is -0.399 e. The number of anilines is 2. The molecule has 20 heavy (non-hydrogen) atoms. The minimum atomic E-state index is -0.286. The zero-order valence-corrected chi connectivity index (χ0v) is 11.3. The number of nitrogens with one attached hydrogen (secondary N) is 1. The maximum Gasteiger partial charge on any atom is 0.238 e. The van der Waals surface area contributed by atoms with E-state index in [1.54, 1.807) is 24.3 Å². The van der Waals surface area contributed by atoms with E-state index in [0.717, 1.165) is 19.4 Å². The van der Waals surface area contributed by atoms with Gasteiger partial charge in [0.05, 0.1) is 12.5 Å². The Bertz CT molecular complexity index is 504. The highest BCUT2D eigenvalue weighted by Crippen LogP contribution is 2.16. The zero-order chi connectivity index (χ0) is 14.5. The average molecular weight is 276 g/mol. The number of amides is 2. The van der Waals surface area contributed by atoms with Crippen LogP contribution in [-0.4, -0.2) is 36.3 Å². The Morgan fingerprint density at radius 1 is 1.40 bits per heavy atom. The van der Waals surface area contributed by atoms with E-state index in [4.69, 9.17) is 11.5 Å². The van der Waals surface area contributed by atoms with Gasteiger partial charge in [-0.25, -0.2) is 0 Å². The van der Waals surface area contributed by atoms with Crippen molar-refractivity contribution in [1.29, 1.82) is 0 Å². The Labute approximate surface area is 118 Å². The van der Waals surface area contributed by atoms with Gasteiger partial charge < -0.3 is 16.8 Å². The summed E-state index contributed by atoms with van der Waals surface area (Å²) in [6.07, 6.45) is 1.70. The molecule has 0 aliphatic carbocycles. The lowest BCUT2D eigenvalue weighted by molar-refractivity contribution is -0.125. The number of rotatable bonds is 4. The van der Waals surface area contributed by atoms with Gasteiger partial charge in [0, 0.05) is 17.9 Å². The molecule has 0 radical (unpaired) electrons. The number of primary amides is 1. The molecule has 1 saturated heterocycles. The average Bonchev–Trinajstić information content (AvgIpc) is 2.38. The van der Waals surface area contributed by atoms with Gasteiger partial charge in [-0.1, -0.05) is 6.07 Å². The van der Waals surface area contributed by atoms with Crippen molar-refractivity contribution in [2.75, 3.05) is 30.7 Å². The van der Waals surface area contributed by atoms with Crippen molar-refractivity contribution in [2.45, 2.75) is 12.8 Å². The topological polar surface area (TPSA) is 101 Å². The largest absolute Gasteiger partial charge is 0.399 e. The number of hydrogen-bond acceptors (Lipinski definition) is 4. The SMILES string of the molecule is NC(=O)C1CCCN(CC(=O)Nc2cccc(N)c2)C1. The molecule has 0 saturated carbocycles. The standard InChI is InChI=1S/C14H20N4O2/c15-11-4-1-5-12(7-11)17-13(19)9-18-6-2-3-10(8-18)14(16)20/h1,4-5,7,10H,2-3,6,8-9,15H2,(H2,16,20)(H,17,19). The molecule has 1 aromatic carbocycles. The third kappa shape index (κ3) is 3.96. The summed E-state index contributed by atoms with van der Waals surface area (Å²) in [5, 5.41) is 2.80. The van der Waals surface area contributed by atoms with Crippen molar-refractivity contribution < 1.29 is 9.59 Å². The van der Waals surface area contributed by atoms with Crippen LogP contribution in [0.1, 0.15) is 12.8 Å². The van der Waals surface area contributed by atoms with Gasteiger partial charge in [-0.15, -0.1) is 0 Å². The first-order valence-corrected chi connectivity index (χ1v) is 6.71. The first-order valence-electron chi connectivity index (χ1n) is 6.71. The molecule has 2 rings (SSSR count). The van der Waals surface area contributed by atoms with Gasteiger partial charge in [0.15, 0.2) is 0 Å². The fourth-order valence-electron chi connectivity index (χ4n) is 2.45. The van der Waals surface area contributed by atoms with Gasteiger partial charge in [-0.3, -0.25) is 14.5 Å². The van der Waals surface area contributed by atoms with Gasteiger partial charge in [-0.05, 0) is 37.6 Å². The van der Waals surface area contributed by atoms with E-state index in [0.29, 0.717) is 17.9 Å². The lowest BCUT2D eigenvalue weighted by atomic mass is 9.97. The number of carbonyl (C=O) groups excluding carboxylic acids is 2. The quantitative estimate of drug-likeness (QED) is 0.693. The summed E-state index contributed by atoms with van der Waals surface area (Å²) in [6, 6.07) is 7.05. The van der Waals surface area contributed by atoms with E-state index in [2.05, 4.69) is 5.32 Å². The van der Waals surface area contributed by atoms with E-state index in [1.165, 1.54) is 0 Å². The third-order valence-corrected chi connectivity index (χ3v) is 3.45. The molecule has 1 aliphatic heterocycles. The van der Waals surface area contributed by atoms with Crippen LogP contribution in [0.2, 0.25) is 0 Å². The number of nitrogens with two attached hydrogens (primary N) is 2. The molecule has 1 heterocycles. The summed E-state index contributed by atoms with van der Waals surface area (Å²) >= 11 is 0. The lowest BCUT2D eigenvalue weighted by Crippen LogP contribution is -2.44. The molecule has 1 unspecified atom stereocenters. The monoisotopic (exact) mass is 276 g/mol. The van der Waals surface area contributed by atoms with Crippen LogP contribution in [0.25, 0.3) is 0 Å². The molecule has 5 N–H and O–H groups in total. The molecular weight excluding hydrogens is 256 g/mol. The summed E-state index contributed by atoms with van der Waals surface area (Å²) in [6.45, 7) is 1.63. The molecule has 1 aliphatic rings. The van der Waals surface area contributed by atoms with Crippen molar-refractivity contribution in [3.05, 3.63) is 24.3 Å². The van der Waals surface area contributed by atoms with Crippen molar-refractivity contribution in [3.8, 4) is 0 Å². The summed E-state index contributed by atoms with van der Waals surface area (Å²) in [4.78, 5) is 25.1. The van der Waals surface area contributed by atoms with Crippen molar-refractivity contribution >= 4 is 23.2 Å². The Morgan fingerprint density at radius 3 is 2.90 bits per heavy atom. The van der Waals surface area contributed by atoms with Crippen LogP contribution in [0.4, 0.5) is 11.4 Å². The second-order valence-electron chi connectivity index (χ2n) is 5.15. The molecule has 2 amide bonds. The van der Waals surface area contributed by atoms with Crippen LogP contribution in [0.15, 0.2) is 24.3 Å². The Balaban J connectivity index is 1.86. The third-order valence-electron chi connectivity index (χ3n) is 3.45. The fraction of sp³-hybridized carbons (Fsp3) is 0.429. The predicted molar refractivity (Wildman–Crippen MR) is 77.8 cm³/mol. The van der Waals surface area contributed by atoms with Crippen LogP contribution in [-0.2, 0) is 9.59 Å².